The number of fused-ring (bicyclic) bond motifs is 1. The average Bonchev–Trinajstić information content (AvgIpc) is 3.70. The maximum atomic E-state index is 13.3. The number of aryl methyl sites for hydroxylation is 1. The Labute approximate surface area is 203 Å². The fraction of sp³-hybridized carbons (Fsp3) is 0.542. The molecule has 2 aliphatic rings. The summed E-state index contributed by atoms with van der Waals surface area (Å²) in [7, 11) is -2.39. The van der Waals surface area contributed by atoms with Crippen molar-refractivity contribution < 1.29 is 18.3 Å². The highest BCUT2D eigenvalue weighted by atomic mass is 32.2. The third kappa shape index (κ3) is 3.80. The van der Waals surface area contributed by atoms with Gasteiger partial charge in [0, 0.05) is 5.56 Å². The molecule has 0 saturated heterocycles. The summed E-state index contributed by atoms with van der Waals surface area (Å²) in [5.41, 5.74) is 0.105. The van der Waals surface area contributed by atoms with Crippen molar-refractivity contribution in [2.24, 2.45) is 17.3 Å². The van der Waals surface area contributed by atoms with E-state index >= 15 is 0 Å². The van der Waals surface area contributed by atoms with Gasteiger partial charge in [-0.3, -0.25) is 0 Å². The Balaban J connectivity index is 1.62. The molecule has 0 atom stereocenters. The SMILES string of the molecule is COc1ccc(-c2c(C)nc3sc(C(O)(C4CC4)C4CC4)nn23)cc1S(=O)(=O)CC(C)(C)C#N. The van der Waals surface area contributed by atoms with Crippen molar-refractivity contribution in [2.75, 3.05) is 12.9 Å². The van der Waals surface area contributed by atoms with Crippen molar-refractivity contribution in [3.8, 4) is 23.1 Å². The minimum atomic E-state index is -3.81. The van der Waals surface area contributed by atoms with Crippen LogP contribution in [-0.2, 0) is 15.4 Å². The highest BCUT2D eigenvalue weighted by molar-refractivity contribution is 7.91. The number of imidazole rings is 1. The van der Waals surface area contributed by atoms with Crippen LogP contribution in [0.1, 0.15) is 50.2 Å². The third-order valence-corrected chi connectivity index (χ3v) is 9.89. The molecule has 0 radical (unpaired) electrons. The first kappa shape index (κ1) is 23.3. The molecule has 2 aromatic heterocycles. The summed E-state index contributed by atoms with van der Waals surface area (Å²) in [6, 6.07) is 7.05. The zero-order valence-corrected chi connectivity index (χ0v) is 21.3. The molecule has 10 heteroatoms. The lowest BCUT2D eigenvalue weighted by Crippen LogP contribution is -2.31. The van der Waals surface area contributed by atoms with Gasteiger partial charge in [-0.15, -0.1) is 0 Å². The van der Waals surface area contributed by atoms with Gasteiger partial charge in [-0.05, 0) is 76.5 Å². The van der Waals surface area contributed by atoms with Gasteiger partial charge in [-0.2, -0.15) is 10.4 Å². The second-order valence-corrected chi connectivity index (χ2v) is 13.1. The summed E-state index contributed by atoms with van der Waals surface area (Å²) < 4.78 is 33.6. The Morgan fingerprint density at radius 2 is 1.91 bits per heavy atom. The second kappa shape index (κ2) is 7.77. The summed E-state index contributed by atoms with van der Waals surface area (Å²) in [6.07, 6.45) is 4.05. The highest BCUT2D eigenvalue weighted by Gasteiger charge is 2.56. The molecule has 0 spiro atoms. The first-order valence-corrected chi connectivity index (χ1v) is 13.9. The number of rotatable bonds is 8. The zero-order chi connectivity index (χ0) is 24.5. The largest absolute Gasteiger partial charge is 0.495 e. The van der Waals surface area contributed by atoms with Crippen LogP contribution in [0.15, 0.2) is 23.1 Å². The first-order chi connectivity index (χ1) is 16.0. The number of methoxy groups -OCH3 is 1. The number of sulfone groups is 1. The number of hydrogen-bond acceptors (Lipinski definition) is 8. The fourth-order valence-electron chi connectivity index (χ4n) is 4.72. The molecule has 2 aliphatic carbocycles. The van der Waals surface area contributed by atoms with E-state index in [0.717, 1.165) is 31.4 Å². The average molecular weight is 501 g/mol. The summed E-state index contributed by atoms with van der Waals surface area (Å²) in [5, 5.41) is 26.4. The number of ether oxygens (including phenoxy) is 1. The standard InChI is InChI=1S/C24H28N4O4S2/c1-14-20(15-5-10-18(32-4)19(11-15)34(30,31)13-23(2,3)12-25)28-22(26-14)33-21(27-28)24(29,16-6-7-16)17-8-9-17/h5,10-11,16-17,29H,6-9,13H2,1-4H3. The molecule has 2 heterocycles. The molecule has 0 unspecified atom stereocenters. The third-order valence-electron chi connectivity index (χ3n) is 6.75. The van der Waals surface area contributed by atoms with Gasteiger partial charge >= 0.3 is 0 Å². The Hall–Kier alpha value is -2.48. The lowest BCUT2D eigenvalue weighted by atomic mass is 9.93. The van der Waals surface area contributed by atoms with Crippen LogP contribution in [0.2, 0.25) is 0 Å². The van der Waals surface area contributed by atoms with Gasteiger partial charge in [0.1, 0.15) is 21.3 Å². The fourth-order valence-corrected chi connectivity index (χ4v) is 7.85. The van der Waals surface area contributed by atoms with E-state index in [4.69, 9.17) is 9.84 Å². The minimum absolute atomic E-state index is 0.0353. The van der Waals surface area contributed by atoms with Gasteiger partial charge in [-0.25, -0.2) is 17.9 Å². The minimum Gasteiger partial charge on any atom is -0.495 e. The molecule has 34 heavy (non-hydrogen) atoms. The molecule has 0 bridgehead atoms. The first-order valence-electron chi connectivity index (χ1n) is 11.4. The van der Waals surface area contributed by atoms with Crippen LogP contribution in [-0.4, -0.2) is 41.0 Å². The van der Waals surface area contributed by atoms with Crippen molar-refractivity contribution in [3.05, 3.63) is 28.9 Å². The van der Waals surface area contributed by atoms with Crippen molar-refractivity contribution in [3.63, 3.8) is 0 Å². The maximum absolute atomic E-state index is 13.3. The van der Waals surface area contributed by atoms with Gasteiger partial charge in [-0.1, -0.05) is 11.3 Å². The monoisotopic (exact) mass is 500 g/mol. The number of aliphatic hydroxyl groups is 1. The van der Waals surface area contributed by atoms with Crippen LogP contribution in [0.25, 0.3) is 16.2 Å². The van der Waals surface area contributed by atoms with Crippen molar-refractivity contribution >= 4 is 26.1 Å². The van der Waals surface area contributed by atoms with Gasteiger partial charge in [0.2, 0.25) is 4.96 Å². The zero-order valence-electron chi connectivity index (χ0n) is 19.7. The lowest BCUT2D eigenvalue weighted by molar-refractivity contribution is -0.0111. The molecule has 0 amide bonds. The number of benzene rings is 1. The number of aromatic nitrogens is 3. The maximum Gasteiger partial charge on any atom is 0.213 e. The van der Waals surface area contributed by atoms with Gasteiger partial charge in [0.05, 0.1) is 35.7 Å². The van der Waals surface area contributed by atoms with Gasteiger partial charge < -0.3 is 9.84 Å². The van der Waals surface area contributed by atoms with Crippen LogP contribution in [0.4, 0.5) is 0 Å². The van der Waals surface area contributed by atoms with E-state index in [2.05, 4.69) is 11.1 Å². The van der Waals surface area contributed by atoms with Crippen molar-refractivity contribution in [1.29, 1.82) is 5.26 Å². The molecule has 180 valence electrons. The van der Waals surface area contributed by atoms with Crippen LogP contribution in [0, 0.1) is 35.5 Å². The summed E-state index contributed by atoms with van der Waals surface area (Å²) in [4.78, 5) is 5.38. The second-order valence-electron chi connectivity index (χ2n) is 10.1. The van der Waals surface area contributed by atoms with Gasteiger partial charge in [0.25, 0.3) is 0 Å². The number of nitrogens with zero attached hydrogens (tertiary/aromatic N) is 4. The molecule has 2 fully saturated rings. The summed E-state index contributed by atoms with van der Waals surface area (Å²) in [6.45, 7) is 5.06. The van der Waals surface area contributed by atoms with Crippen LogP contribution < -0.4 is 4.74 Å². The highest BCUT2D eigenvalue weighted by Crippen LogP contribution is 2.58. The lowest BCUT2D eigenvalue weighted by Gasteiger charge is -2.25. The topological polar surface area (TPSA) is 118 Å². The van der Waals surface area contributed by atoms with Crippen molar-refractivity contribution in [1.82, 2.24) is 14.6 Å². The molecule has 8 nitrogen and oxygen atoms in total. The Morgan fingerprint density at radius 1 is 1.26 bits per heavy atom. The number of hydrogen-bond donors (Lipinski definition) is 1. The molecule has 5 rings (SSSR count). The Morgan fingerprint density at radius 3 is 2.47 bits per heavy atom. The van der Waals surface area contributed by atoms with Crippen LogP contribution in [0.5, 0.6) is 5.75 Å². The quantitative estimate of drug-likeness (QED) is 0.495. The normalized spacial score (nSPS) is 17.2. The Bertz CT molecular complexity index is 1410. The van der Waals surface area contributed by atoms with E-state index in [0.29, 0.717) is 21.2 Å². The van der Waals surface area contributed by atoms with E-state index < -0.39 is 20.9 Å². The predicted molar refractivity (Wildman–Crippen MR) is 128 cm³/mol. The van der Waals surface area contributed by atoms with Crippen molar-refractivity contribution in [2.45, 2.75) is 57.0 Å². The smallest absolute Gasteiger partial charge is 0.213 e. The molecular weight excluding hydrogens is 472 g/mol. The summed E-state index contributed by atoms with van der Waals surface area (Å²) >= 11 is 1.41. The molecule has 1 N–H and O–H groups in total. The Kier molecular flexibility index (Phi) is 5.32. The molecule has 3 aromatic rings. The molecule has 2 saturated carbocycles. The van der Waals surface area contributed by atoms with E-state index in [1.54, 1.807) is 36.6 Å². The number of nitriles is 1. The van der Waals surface area contributed by atoms with Crippen LogP contribution in [0.3, 0.4) is 0 Å². The molecular formula is C24H28N4O4S2. The molecule has 0 aliphatic heterocycles. The van der Waals surface area contributed by atoms with Gasteiger partial charge in [0.15, 0.2) is 9.84 Å². The van der Waals surface area contributed by atoms with Crippen LogP contribution >= 0.6 is 11.3 Å². The van der Waals surface area contributed by atoms with E-state index in [1.165, 1.54) is 18.4 Å². The summed E-state index contributed by atoms with van der Waals surface area (Å²) in [5.74, 6) is 0.406. The van der Waals surface area contributed by atoms with E-state index in [9.17, 15) is 18.8 Å². The molecule has 1 aromatic carbocycles. The van der Waals surface area contributed by atoms with E-state index in [1.807, 2.05) is 6.92 Å². The van der Waals surface area contributed by atoms with E-state index in [-0.39, 0.29) is 28.2 Å². The predicted octanol–water partition coefficient (Wildman–Crippen LogP) is 4.11.